The Kier molecular flexibility index (Phi) is 6.11. The third-order valence-corrected chi connectivity index (χ3v) is 4.77. The zero-order valence-electron chi connectivity index (χ0n) is 15.6. The smallest absolute Gasteiger partial charge is 0.289 e. The lowest BCUT2D eigenvalue weighted by Gasteiger charge is -2.31. The minimum Gasteiger partial charge on any atom is -0.456 e. The van der Waals surface area contributed by atoms with E-state index in [9.17, 15) is 4.79 Å². The SMILES string of the molecule is COCCOC1CCN(C(=O)c2ccc(Cc3c(C)noc3C)o2)CC1. The molecule has 0 spiro atoms. The quantitative estimate of drug-likeness (QED) is 0.705. The molecule has 0 aliphatic carbocycles. The van der Waals surface area contributed by atoms with Gasteiger partial charge >= 0.3 is 0 Å². The number of hydrogen-bond acceptors (Lipinski definition) is 6. The van der Waals surface area contributed by atoms with Crippen molar-refractivity contribution in [1.29, 1.82) is 0 Å². The molecule has 1 aliphatic heterocycles. The molecule has 3 rings (SSSR count). The van der Waals surface area contributed by atoms with Gasteiger partial charge in [0.2, 0.25) is 0 Å². The van der Waals surface area contributed by atoms with Crippen molar-refractivity contribution < 1.29 is 23.2 Å². The minimum absolute atomic E-state index is 0.0645. The highest BCUT2D eigenvalue weighted by Gasteiger charge is 2.26. The van der Waals surface area contributed by atoms with E-state index in [4.69, 9.17) is 18.4 Å². The average Bonchev–Trinajstić information content (AvgIpc) is 3.24. The molecule has 2 aromatic heterocycles. The molecule has 142 valence electrons. The lowest BCUT2D eigenvalue weighted by molar-refractivity contribution is -0.0127. The number of ether oxygens (including phenoxy) is 2. The summed E-state index contributed by atoms with van der Waals surface area (Å²) in [4.78, 5) is 14.5. The van der Waals surface area contributed by atoms with E-state index < -0.39 is 0 Å². The van der Waals surface area contributed by atoms with Gasteiger partial charge in [0.05, 0.1) is 25.0 Å². The van der Waals surface area contributed by atoms with E-state index in [0.29, 0.717) is 38.5 Å². The largest absolute Gasteiger partial charge is 0.456 e. The molecule has 1 aliphatic rings. The molecule has 0 unspecified atom stereocenters. The fraction of sp³-hybridized carbons (Fsp3) is 0.579. The van der Waals surface area contributed by atoms with Gasteiger partial charge in [-0.25, -0.2) is 0 Å². The van der Waals surface area contributed by atoms with E-state index in [-0.39, 0.29) is 12.0 Å². The van der Waals surface area contributed by atoms with Crippen LogP contribution in [-0.4, -0.2) is 55.5 Å². The van der Waals surface area contributed by atoms with E-state index in [1.165, 1.54) is 0 Å². The first-order chi connectivity index (χ1) is 12.6. The molecule has 7 nitrogen and oxygen atoms in total. The molecule has 0 N–H and O–H groups in total. The molecular formula is C19H26N2O5. The zero-order chi connectivity index (χ0) is 18.5. The predicted octanol–water partition coefficient (Wildman–Crippen LogP) is 2.74. The zero-order valence-corrected chi connectivity index (χ0v) is 15.6. The molecule has 0 atom stereocenters. The Balaban J connectivity index is 1.54. The number of furan rings is 1. The first-order valence-electron chi connectivity index (χ1n) is 8.98. The van der Waals surface area contributed by atoms with Gasteiger partial charge in [-0.2, -0.15) is 0 Å². The first-order valence-corrected chi connectivity index (χ1v) is 8.98. The Hall–Kier alpha value is -2.12. The highest BCUT2D eigenvalue weighted by atomic mass is 16.5. The van der Waals surface area contributed by atoms with Crippen LogP contribution in [0.2, 0.25) is 0 Å². The highest BCUT2D eigenvalue weighted by Crippen LogP contribution is 2.21. The second kappa shape index (κ2) is 8.51. The van der Waals surface area contributed by atoms with E-state index in [1.54, 1.807) is 13.2 Å². The first kappa shape index (κ1) is 18.7. The van der Waals surface area contributed by atoms with E-state index >= 15 is 0 Å². The number of carbonyl (C=O) groups is 1. The van der Waals surface area contributed by atoms with Gasteiger partial charge in [0.1, 0.15) is 11.5 Å². The monoisotopic (exact) mass is 362 g/mol. The second-order valence-corrected chi connectivity index (χ2v) is 6.60. The standard InChI is InChI=1S/C19H26N2O5/c1-13-17(14(2)26-20-13)12-16-4-5-18(25-16)19(22)21-8-6-15(7-9-21)24-11-10-23-3/h4-5,15H,6-12H2,1-3H3. The lowest BCUT2D eigenvalue weighted by atomic mass is 10.1. The molecule has 1 saturated heterocycles. The summed E-state index contributed by atoms with van der Waals surface area (Å²) in [6, 6.07) is 3.59. The van der Waals surface area contributed by atoms with Crippen molar-refractivity contribution in [2.45, 2.75) is 39.2 Å². The number of hydrogen-bond donors (Lipinski definition) is 0. The van der Waals surface area contributed by atoms with Gasteiger partial charge in [-0.1, -0.05) is 5.16 Å². The molecule has 26 heavy (non-hydrogen) atoms. The summed E-state index contributed by atoms with van der Waals surface area (Å²) in [7, 11) is 1.66. The van der Waals surface area contributed by atoms with Crippen molar-refractivity contribution in [2.75, 3.05) is 33.4 Å². The number of piperidine rings is 1. The summed E-state index contributed by atoms with van der Waals surface area (Å²) in [6.07, 6.45) is 2.44. The Morgan fingerprint density at radius 3 is 2.69 bits per heavy atom. The molecule has 3 heterocycles. The average molecular weight is 362 g/mol. The van der Waals surface area contributed by atoms with Crippen molar-refractivity contribution in [3.8, 4) is 0 Å². The maximum atomic E-state index is 12.7. The topological polar surface area (TPSA) is 77.9 Å². The number of carbonyl (C=O) groups excluding carboxylic acids is 1. The highest BCUT2D eigenvalue weighted by molar-refractivity contribution is 5.91. The minimum atomic E-state index is -0.0645. The van der Waals surface area contributed by atoms with Gasteiger partial charge in [-0.05, 0) is 38.8 Å². The van der Waals surface area contributed by atoms with Crippen LogP contribution in [-0.2, 0) is 15.9 Å². The molecule has 1 fully saturated rings. The van der Waals surface area contributed by atoms with Crippen molar-refractivity contribution in [3.05, 3.63) is 40.7 Å². The van der Waals surface area contributed by atoms with Crippen LogP contribution in [0.1, 0.15) is 46.2 Å². The maximum absolute atomic E-state index is 12.7. The fourth-order valence-corrected chi connectivity index (χ4v) is 3.20. The Morgan fingerprint density at radius 1 is 1.27 bits per heavy atom. The summed E-state index contributed by atoms with van der Waals surface area (Å²) in [5.41, 5.74) is 1.86. The van der Waals surface area contributed by atoms with E-state index in [1.807, 2.05) is 24.8 Å². The number of amides is 1. The summed E-state index contributed by atoms with van der Waals surface area (Å²) in [6.45, 7) is 6.33. The third kappa shape index (κ3) is 4.34. The van der Waals surface area contributed by atoms with Crippen molar-refractivity contribution in [3.63, 3.8) is 0 Å². The van der Waals surface area contributed by atoms with Crippen LogP contribution in [0.5, 0.6) is 0 Å². The normalized spacial score (nSPS) is 15.6. The number of aromatic nitrogens is 1. The third-order valence-electron chi connectivity index (χ3n) is 4.77. The van der Waals surface area contributed by atoms with Gasteiger partial charge in [0, 0.05) is 32.2 Å². The molecule has 0 bridgehead atoms. The van der Waals surface area contributed by atoms with Crippen molar-refractivity contribution in [2.24, 2.45) is 0 Å². The number of methoxy groups -OCH3 is 1. The van der Waals surface area contributed by atoms with Crippen LogP contribution in [0.4, 0.5) is 0 Å². The van der Waals surface area contributed by atoms with Gasteiger partial charge < -0.3 is 23.3 Å². The molecule has 0 radical (unpaired) electrons. The Bertz CT molecular complexity index is 709. The van der Waals surface area contributed by atoms with Gasteiger partial charge in [0.15, 0.2) is 5.76 Å². The fourth-order valence-electron chi connectivity index (χ4n) is 3.20. The number of aryl methyl sites for hydroxylation is 2. The summed E-state index contributed by atoms with van der Waals surface area (Å²) in [5, 5.41) is 3.95. The predicted molar refractivity (Wildman–Crippen MR) is 94.2 cm³/mol. The van der Waals surface area contributed by atoms with Crippen LogP contribution < -0.4 is 0 Å². The summed E-state index contributed by atoms with van der Waals surface area (Å²) in [5.74, 6) is 1.83. The van der Waals surface area contributed by atoms with E-state index in [0.717, 1.165) is 35.6 Å². The molecule has 0 saturated carbocycles. The maximum Gasteiger partial charge on any atom is 0.289 e. The molecule has 1 amide bonds. The Labute approximate surface area is 153 Å². The van der Waals surface area contributed by atoms with Gasteiger partial charge in [0.25, 0.3) is 5.91 Å². The Morgan fingerprint density at radius 2 is 2.04 bits per heavy atom. The number of rotatable bonds is 7. The number of likely N-dealkylation sites (tertiary alicyclic amines) is 1. The molecule has 7 heteroatoms. The van der Waals surface area contributed by atoms with Crippen LogP contribution in [0.3, 0.4) is 0 Å². The second-order valence-electron chi connectivity index (χ2n) is 6.60. The summed E-state index contributed by atoms with van der Waals surface area (Å²) >= 11 is 0. The van der Waals surface area contributed by atoms with Crippen LogP contribution >= 0.6 is 0 Å². The van der Waals surface area contributed by atoms with Gasteiger partial charge in [-0.3, -0.25) is 4.79 Å². The lowest BCUT2D eigenvalue weighted by Crippen LogP contribution is -2.41. The van der Waals surface area contributed by atoms with Crippen molar-refractivity contribution >= 4 is 5.91 Å². The van der Waals surface area contributed by atoms with Gasteiger partial charge in [-0.15, -0.1) is 0 Å². The molecule has 2 aromatic rings. The van der Waals surface area contributed by atoms with Crippen LogP contribution in [0.15, 0.2) is 21.1 Å². The molecule has 0 aromatic carbocycles. The van der Waals surface area contributed by atoms with E-state index in [2.05, 4.69) is 5.16 Å². The van der Waals surface area contributed by atoms with Crippen LogP contribution in [0.25, 0.3) is 0 Å². The number of nitrogens with zero attached hydrogens (tertiary/aromatic N) is 2. The molecular weight excluding hydrogens is 336 g/mol. The van der Waals surface area contributed by atoms with Crippen molar-refractivity contribution in [1.82, 2.24) is 10.1 Å². The van der Waals surface area contributed by atoms with Crippen LogP contribution in [0, 0.1) is 13.8 Å². The summed E-state index contributed by atoms with van der Waals surface area (Å²) < 4.78 is 21.7.